The Bertz CT molecular complexity index is 338. The van der Waals surface area contributed by atoms with E-state index in [1.54, 1.807) is 20.5 Å². The number of carbonyl (C=O) groups is 1. The van der Waals surface area contributed by atoms with Crippen LogP contribution in [0, 0.1) is 0 Å². The standard InChI is InChI=1S/C11H20N4O2/c1-12-11(16)3-5-15-8-10(14-9-15)7-13-4-6-17-2/h8-9,13H,3-7H2,1-2H3,(H,12,16). The zero-order chi connectivity index (χ0) is 12.5. The summed E-state index contributed by atoms with van der Waals surface area (Å²) in [5, 5.41) is 5.80. The van der Waals surface area contributed by atoms with E-state index in [9.17, 15) is 4.79 Å². The fourth-order valence-electron chi connectivity index (χ4n) is 1.37. The molecule has 0 saturated carbocycles. The van der Waals surface area contributed by atoms with Crippen LogP contribution in [0.25, 0.3) is 0 Å². The first kappa shape index (κ1) is 13.7. The van der Waals surface area contributed by atoms with Crippen LogP contribution in [0.3, 0.4) is 0 Å². The number of aromatic nitrogens is 2. The van der Waals surface area contributed by atoms with Gasteiger partial charge in [0.2, 0.25) is 5.91 Å². The van der Waals surface area contributed by atoms with E-state index in [0.717, 1.165) is 18.8 Å². The average molecular weight is 240 g/mol. The topological polar surface area (TPSA) is 68.2 Å². The van der Waals surface area contributed by atoms with Gasteiger partial charge in [-0.2, -0.15) is 0 Å². The molecule has 1 rings (SSSR count). The highest BCUT2D eigenvalue weighted by atomic mass is 16.5. The number of nitrogens with one attached hydrogen (secondary N) is 2. The van der Waals surface area contributed by atoms with Crippen LogP contribution < -0.4 is 10.6 Å². The van der Waals surface area contributed by atoms with Gasteiger partial charge in [-0.25, -0.2) is 4.98 Å². The van der Waals surface area contributed by atoms with Crippen LogP contribution in [-0.2, 0) is 22.6 Å². The molecule has 0 spiro atoms. The molecule has 0 aliphatic rings. The van der Waals surface area contributed by atoms with Crippen LogP contribution in [0.15, 0.2) is 12.5 Å². The highest BCUT2D eigenvalue weighted by molar-refractivity contribution is 5.75. The lowest BCUT2D eigenvalue weighted by molar-refractivity contribution is -0.120. The summed E-state index contributed by atoms with van der Waals surface area (Å²) in [6, 6.07) is 0. The van der Waals surface area contributed by atoms with Crippen molar-refractivity contribution < 1.29 is 9.53 Å². The molecule has 0 saturated heterocycles. The lowest BCUT2D eigenvalue weighted by atomic mass is 10.4. The van der Waals surface area contributed by atoms with Crippen LogP contribution in [-0.4, -0.2) is 42.8 Å². The minimum Gasteiger partial charge on any atom is -0.383 e. The Balaban J connectivity index is 2.25. The van der Waals surface area contributed by atoms with Gasteiger partial charge in [-0.15, -0.1) is 0 Å². The smallest absolute Gasteiger partial charge is 0.221 e. The molecule has 0 aromatic carbocycles. The summed E-state index contributed by atoms with van der Waals surface area (Å²) in [6.07, 6.45) is 4.17. The second-order valence-electron chi connectivity index (χ2n) is 3.70. The molecule has 6 heteroatoms. The number of hydrogen-bond donors (Lipinski definition) is 2. The van der Waals surface area contributed by atoms with Gasteiger partial charge in [-0.05, 0) is 0 Å². The Hall–Kier alpha value is -1.40. The van der Waals surface area contributed by atoms with E-state index in [2.05, 4.69) is 15.6 Å². The molecular weight excluding hydrogens is 220 g/mol. The number of amides is 1. The number of imidazole rings is 1. The summed E-state index contributed by atoms with van der Waals surface area (Å²) in [7, 11) is 3.32. The first-order valence-electron chi connectivity index (χ1n) is 5.67. The van der Waals surface area contributed by atoms with Gasteiger partial charge in [0.05, 0.1) is 18.6 Å². The van der Waals surface area contributed by atoms with E-state index >= 15 is 0 Å². The Kier molecular flexibility index (Phi) is 6.27. The molecule has 96 valence electrons. The van der Waals surface area contributed by atoms with E-state index in [0.29, 0.717) is 19.6 Å². The Morgan fingerprint density at radius 1 is 1.59 bits per heavy atom. The zero-order valence-corrected chi connectivity index (χ0v) is 10.4. The van der Waals surface area contributed by atoms with Crippen molar-refractivity contribution in [3.63, 3.8) is 0 Å². The van der Waals surface area contributed by atoms with E-state index in [-0.39, 0.29) is 5.91 Å². The number of aryl methyl sites for hydroxylation is 1. The highest BCUT2D eigenvalue weighted by Crippen LogP contribution is 1.97. The normalized spacial score (nSPS) is 10.5. The van der Waals surface area contributed by atoms with Crippen LogP contribution in [0.5, 0.6) is 0 Å². The van der Waals surface area contributed by atoms with Gasteiger partial charge in [-0.1, -0.05) is 0 Å². The molecule has 0 aliphatic carbocycles. The van der Waals surface area contributed by atoms with E-state index in [1.165, 1.54) is 0 Å². The summed E-state index contributed by atoms with van der Waals surface area (Å²) >= 11 is 0. The van der Waals surface area contributed by atoms with E-state index in [4.69, 9.17) is 4.74 Å². The van der Waals surface area contributed by atoms with Gasteiger partial charge in [-0.3, -0.25) is 4.79 Å². The summed E-state index contributed by atoms with van der Waals surface area (Å²) in [4.78, 5) is 15.3. The Labute approximate surface area is 101 Å². The maximum absolute atomic E-state index is 11.1. The number of carbonyl (C=O) groups excluding carboxylic acids is 1. The second-order valence-corrected chi connectivity index (χ2v) is 3.70. The molecule has 1 aromatic rings. The van der Waals surface area contributed by atoms with Crippen LogP contribution in [0.2, 0.25) is 0 Å². The maximum Gasteiger partial charge on any atom is 0.221 e. The van der Waals surface area contributed by atoms with E-state index in [1.807, 2.05) is 10.8 Å². The number of hydrogen-bond acceptors (Lipinski definition) is 4. The van der Waals surface area contributed by atoms with Gasteiger partial charge in [0.25, 0.3) is 0 Å². The zero-order valence-electron chi connectivity index (χ0n) is 10.4. The quantitative estimate of drug-likeness (QED) is 0.615. The van der Waals surface area contributed by atoms with Crippen molar-refractivity contribution in [1.82, 2.24) is 20.2 Å². The van der Waals surface area contributed by atoms with Gasteiger partial charge in [0.15, 0.2) is 0 Å². The molecule has 0 bridgehead atoms. The fourth-order valence-corrected chi connectivity index (χ4v) is 1.37. The largest absolute Gasteiger partial charge is 0.383 e. The predicted octanol–water partition coefficient (Wildman–Crippen LogP) is -0.245. The summed E-state index contributed by atoms with van der Waals surface area (Å²) in [5.41, 5.74) is 0.970. The minimum atomic E-state index is 0.0402. The SMILES string of the molecule is CNC(=O)CCn1cnc(CNCCOC)c1. The molecule has 0 radical (unpaired) electrons. The van der Waals surface area contributed by atoms with Crippen molar-refractivity contribution in [2.24, 2.45) is 0 Å². The lowest BCUT2D eigenvalue weighted by Gasteiger charge is -2.01. The maximum atomic E-state index is 11.1. The molecule has 2 N–H and O–H groups in total. The molecular formula is C11H20N4O2. The van der Waals surface area contributed by atoms with Crippen molar-refractivity contribution >= 4 is 5.91 Å². The van der Waals surface area contributed by atoms with Gasteiger partial charge >= 0.3 is 0 Å². The molecule has 0 unspecified atom stereocenters. The predicted molar refractivity (Wildman–Crippen MR) is 64.5 cm³/mol. The average Bonchev–Trinajstić information content (AvgIpc) is 2.79. The summed E-state index contributed by atoms with van der Waals surface area (Å²) in [5.74, 6) is 0.0402. The Morgan fingerprint density at radius 3 is 3.12 bits per heavy atom. The third-order valence-corrected chi connectivity index (χ3v) is 2.35. The number of nitrogens with zero attached hydrogens (tertiary/aromatic N) is 2. The summed E-state index contributed by atoms with van der Waals surface area (Å²) in [6.45, 7) is 2.88. The molecule has 6 nitrogen and oxygen atoms in total. The third kappa shape index (κ3) is 5.46. The van der Waals surface area contributed by atoms with Crippen molar-refractivity contribution in [2.75, 3.05) is 27.3 Å². The molecule has 1 heterocycles. The number of ether oxygens (including phenoxy) is 1. The lowest BCUT2D eigenvalue weighted by Crippen LogP contribution is -2.19. The number of rotatable bonds is 8. The first-order chi connectivity index (χ1) is 8.26. The highest BCUT2D eigenvalue weighted by Gasteiger charge is 2.01. The molecule has 1 aromatic heterocycles. The Morgan fingerprint density at radius 2 is 2.41 bits per heavy atom. The van der Waals surface area contributed by atoms with Gasteiger partial charge < -0.3 is 19.9 Å². The first-order valence-corrected chi connectivity index (χ1v) is 5.67. The second kappa shape index (κ2) is 7.81. The van der Waals surface area contributed by atoms with E-state index < -0.39 is 0 Å². The van der Waals surface area contributed by atoms with Crippen molar-refractivity contribution in [3.8, 4) is 0 Å². The third-order valence-electron chi connectivity index (χ3n) is 2.35. The van der Waals surface area contributed by atoms with Crippen LogP contribution in [0.4, 0.5) is 0 Å². The fraction of sp³-hybridized carbons (Fsp3) is 0.636. The van der Waals surface area contributed by atoms with Gasteiger partial charge in [0.1, 0.15) is 0 Å². The van der Waals surface area contributed by atoms with Crippen molar-refractivity contribution in [3.05, 3.63) is 18.2 Å². The molecule has 17 heavy (non-hydrogen) atoms. The molecule has 0 aliphatic heterocycles. The molecule has 1 amide bonds. The minimum absolute atomic E-state index is 0.0402. The molecule has 0 fully saturated rings. The summed E-state index contributed by atoms with van der Waals surface area (Å²) < 4.78 is 6.85. The van der Waals surface area contributed by atoms with Crippen LogP contribution >= 0.6 is 0 Å². The monoisotopic (exact) mass is 240 g/mol. The van der Waals surface area contributed by atoms with Crippen molar-refractivity contribution in [1.29, 1.82) is 0 Å². The van der Waals surface area contributed by atoms with Crippen LogP contribution in [0.1, 0.15) is 12.1 Å². The van der Waals surface area contributed by atoms with Crippen molar-refractivity contribution in [2.45, 2.75) is 19.5 Å². The number of methoxy groups -OCH3 is 1. The van der Waals surface area contributed by atoms with Gasteiger partial charge in [0, 0.05) is 46.4 Å². The molecule has 0 atom stereocenters.